The van der Waals surface area contributed by atoms with E-state index in [0.717, 1.165) is 19.3 Å². The van der Waals surface area contributed by atoms with E-state index < -0.39 is 17.8 Å². The van der Waals surface area contributed by atoms with Gasteiger partial charge in [-0.3, -0.25) is 14.4 Å². The zero-order chi connectivity index (χ0) is 19.9. The molecule has 1 fully saturated rings. The summed E-state index contributed by atoms with van der Waals surface area (Å²) >= 11 is 0. The Balaban J connectivity index is 2.23. The standard InChI is InChI=1S/C21H33NO5/c1-2-3-4-5-6-7-8-9-10-11-12-13-19(18(24)16-23)27-21(26)17-14-15-20(25)22-17/h13,16-17H,2-12,14-15H2,1H3,(H,22,25)/t17-/m0/s1. The van der Waals surface area contributed by atoms with Crippen molar-refractivity contribution in [1.82, 2.24) is 5.32 Å². The van der Waals surface area contributed by atoms with Crippen molar-refractivity contribution in [3.8, 4) is 0 Å². The van der Waals surface area contributed by atoms with Gasteiger partial charge in [0.2, 0.25) is 5.91 Å². The maximum Gasteiger partial charge on any atom is 0.334 e. The highest BCUT2D eigenvalue weighted by molar-refractivity contribution is 6.32. The second kappa shape index (κ2) is 14.1. The highest BCUT2D eigenvalue weighted by Gasteiger charge is 2.30. The van der Waals surface area contributed by atoms with Gasteiger partial charge in [0.1, 0.15) is 6.04 Å². The number of hydrogen-bond donors (Lipinski definition) is 1. The maximum absolute atomic E-state index is 12.0. The minimum Gasteiger partial charge on any atom is -0.421 e. The fourth-order valence-corrected chi connectivity index (χ4v) is 3.09. The van der Waals surface area contributed by atoms with Crippen LogP contribution in [-0.2, 0) is 23.9 Å². The number of ketones is 1. The van der Waals surface area contributed by atoms with Crippen LogP contribution in [0.25, 0.3) is 0 Å². The molecule has 6 nitrogen and oxygen atoms in total. The summed E-state index contributed by atoms with van der Waals surface area (Å²) in [4.78, 5) is 45.5. The number of nitrogens with one attached hydrogen (secondary N) is 1. The quantitative estimate of drug-likeness (QED) is 0.117. The Kier molecular flexibility index (Phi) is 12.1. The molecule has 1 rings (SSSR count). The lowest BCUT2D eigenvalue weighted by Gasteiger charge is -2.10. The summed E-state index contributed by atoms with van der Waals surface area (Å²) in [5.74, 6) is -1.98. The number of allylic oxidation sites excluding steroid dienone is 2. The van der Waals surface area contributed by atoms with Crippen molar-refractivity contribution < 1.29 is 23.9 Å². The van der Waals surface area contributed by atoms with Crippen LogP contribution < -0.4 is 5.32 Å². The van der Waals surface area contributed by atoms with E-state index in [1.165, 1.54) is 51.0 Å². The molecule has 1 aliphatic rings. The van der Waals surface area contributed by atoms with Gasteiger partial charge in [0.05, 0.1) is 0 Å². The molecule has 0 bridgehead atoms. The van der Waals surface area contributed by atoms with Crippen LogP contribution >= 0.6 is 0 Å². The van der Waals surface area contributed by atoms with Gasteiger partial charge in [-0.1, -0.05) is 64.7 Å². The lowest BCUT2D eigenvalue weighted by molar-refractivity contribution is -0.145. The van der Waals surface area contributed by atoms with E-state index in [9.17, 15) is 19.2 Å². The number of amides is 1. The van der Waals surface area contributed by atoms with E-state index in [-0.39, 0.29) is 24.4 Å². The highest BCUT2D eigenvalue weighted by atomic mass is 16.5. The van der Waals surface area contributed by atoms with Crippen LogP contribution in [0, 0.1) is 0 Å². The van der Waals surface area contributed by atoms with Crippen molar-refractivity contribution in [3.63, 3.8) is 0 Å². The van der Waals surface area contributed by atoms with Crippen molar-refractivity contribution in [3.05, 3.63) is 11.8 Å². The Hall–Kier alpha value is -1.98. The van der Waals surface area contributed by atoms with Crippen LogP contribution in [0.15, 0.2) is 11.8 Å². The van der Waals surface area contributed by atoms with Crippen molar-refractivity contribution in [2.45, 2.75) is 96.4 Å². The minimum absolute atomic E-state index is 0.144. The Morgan fingerprint density at radius 2 is 1.63 bits per heavy atom. The monoisotopic (exact) mass is 379 g/mol. The van der Waals surface area contributed by atoms with Gasteiger partial charge in [0, 0.05) is 6.42 Å². The zero-order valence-electron chi connectivity index (χ0n) is 16.5. The maximum atomic E-state index is 12.0. The molecule has 0 aromatic carbocycles. The first-order valence-electron chi connectivity index (χ1n) is 10.3. The molecule has 1 aliphatic heterocycles. The smallest absolute Gasteiger partial charge is 0.334 e. The number of esters is 1. The van der Waals surface area contributed by atoms with Crippen molar-refractivity contribution >= 4 is 23.9 Å². The Bertz CT molecular complexity index is 527. The van der Waals surface area contributed by atoms with Gasteiger partial charge in [-0.05, 0) is 25.3 Å². The van der Waals surface area contributed by atoms with E-state index in [2.05, 4.69) is 12.2 Å². The van der Waals surface area contributed by atoms with E-state index in [1.807, 2.05) is 0 Å². The Morgan fingerprint density at radius 1 is 1.04 bits per heavy atom. The number of hydrogen-bond acceptors (Lipinski definition) is 5. The molecule has 0 aromatic heterocycles. The molecule has 0 saturated carbocycles. The van der Waals surface area contributed by atoms with Crippen molar-refractivity contribution in [1.29, 1.82) is 0 Å². The third kappa shape index (κ3) is 10.1. The Labute approximate surface area is 162 Å². The molecular formula is C21H33NO5. The first-order chi connectivity index (χ1) is 13.1. The van der Waals surface area contributed by atoms with E-state index in [1.54, 1.807) is 0 Å². The normalized spacial score (nSPS) is 16.9. The predicted molar refractivity (Wildman–Crippen MR) is 103 cm³/mol. The van der Waals surface area contributed by atoms with Crippen LogP contribution in [0.1, 0.15) is 90.4 Å². The van der Waals surface area contributed by atoms with E-state index in [0.29, 0.717) is 12.8 Å². The number of rotatable bonds is 15. The number of carbonyl (C=O) groups excluding carboxylic acids is 4. The molecule has 0 spiro atoms. The predicted octanol–water partition coefficient (Wildman–Crippen LogP) is 3.77. The third-order valence-corrected chi connectivity index (χ3v) is 4.73. The van der Waals surface area contributed by atoms with E-state index >= 15 is 0 Å². The fraction of sp³-hybridized carbons (Fsp3) is 0.714. The molecule has 1 atom stereocenters. The molecule has 152 valence electrons. The largest absolute Gasteiger partial charge is 0.421 e. The summed E-state index contributed by atoms with van der Waals surface area (Å²) in [7, 11) is 0. The molecular weight excluding hydrogens is 346 g/mol. The average molecular weight is 379 g/mol. The molecule has 1 heterocycles. The molecule has 1 amide bonds. The van der Waals surface area contributed by atoms with Gasteiger partial charge in [-0.15, -0.1) is 0 Å². The number of carbonyl (C=O) groups is 4. The molecule has 0 aliphatic carbocycles. The summed E-state index contributed by atoms with van der Waals surface area (Å²) in [5, 5.41) is 2.49. The lowest BCUT2D eigenvalue weighted by Crippen LogP contribution is -2.35. The lowest BCUT2D eigenvalue weighted by atomic mass is 10.1. The fourth-order valence-electron chi connectivity index (χ4n) is 3.09. The Morgan fingerprint density at radius 3 is 2.15 bits per heavy atom. The number of ether oxygens (including phenoxy) is 1. The van der Waals surface area contributed by atoms with Gasteiger partial charge in [0.25, 0.3) is 5.78 Å². The zero-order valence-corrected chi connectivity index (χ0v) is 16.5. The van der Waals surface area contributed by atoms with Crippen LogP contribution in [0.3, 0.4) is 0 Å². The second-order valence-electron chi connectivity index (χ2n) is 7.10. The summed E-state index contributed by atoms with van der Waals surface area (Å²) in [5.41, 5.74) is 0. The van der Waals surface area contributed by atoms with E-state index in [4.69, 9.17) is 4.74 Å². The molecule has 27 heavy (non-hydrogen) atoms. The number of unbranched alkanes of at least 4 members (excludes halogenated alkanes) is 10. The SMILES string of the molecule is CCCCCCCCCCCCC=C(OC(=O)[C@@H]1CCC(=O)N1)C(=O)C=O. The summed E-state index contributed by atoms with van der Waals surface area (Å²) < 4.78 is 5.05. The van der Waals surface area contributed by atoms with Gasteiger partial charge in [0.15, 0.2) is 12.0 Å². The molecule has 0 unspecified atom stereocenters. The summed E-state index contributed by atoms with van der Waals surface area (Å²) in [6, 6.07) is -0.738. The summed E-state index contributed by atoms with van der Waals surface area (Å²) in [6.07, 6.45) is 14.9. The van der Waals surface area contributed by atoms with Crippen LogP contribution in [0.2, 0.25) is 0 Å². The molecule has 1 saturated heterocycles. The highest BCUT2D eigenvalue weighted by Crippen LogP contribution is 2.14. The molecule has 0 aromatic rings. The minimum atomic E-state index is -0.847. The molecule has 1 N–H and O–H groups in total. The third-order valence-electron chi connectivity index (χ3n) is 4.73. The average Bonchev–Trinajstić information content (AvgIpc) is 3.10. The summed E-state index contributed by atoms with van der Waals surface area (Å²) in [6.45, 7) is 2.22. The van der Waals surface area contributed by atoms with Crippen LogP contribution in [0.4, 0.5) is 0 Å². The van der Waals surface area contributed by atoms with Crippen molar-refractivity contribution in [2.75, 3.05) is 0 Å². The van der Waals surface area contributed by atoms with Gasteiger partial charge in [-0.25, -0.2) is 4.79 Å². The topological polar surface area (TPSA) is 89.5 Å². The molecule has 0 radical (unpaired) electrons. The second-order valence-corrected chi connectivity index (χ2v) is 7.10. The first-order valence-corrected chi connectivity index (χ1v) is 10.3. The van der Waals surface area contributed by atoms with Crippen molar-refractivity contribution in [2.24, 2.45) is 0 Å². The first kappa shape index (κ1) is 23.1. The van der Waals surface area contributed by atoms with Gasteiger partial charge in [-0.2, -0.15) is 0 Å². The van der Waals surface area contributed by atoms with Gasteiger partial charge < -0.3 is 10.1 Å². The van der Waals surface area contributed by atoms with Crippen LogP contribution in [-0.4, -0.2) is 30.0 Å². The van der Waals surface area contributed by atoms with Crippen LogP contribution in [0.5, 0.6) is 0 Å². The number of Topliss-reactive ketones (excluding diaryl/α,β-unsaturated/α-hetero) is 1. The molecule has 6 heteroatoms. The number of aldehydes is 1. The van der Waals surface area contributed by atoms with Gasteiger partial charge >= 0.3 is 5.97 Å².